The summed E-state index contributed by atoms with van der Waals surface area (Å²) in [4.78, 5) is 25.9. The van der Waals surface area contributed by atoms with Crippen LogP contribution in [0.15, 0.2) is 65.1 Å². The number of hydrogen-bond donors (Lipinski definition) is 1. The van der Waals surface area contributed by atoms with E-state index in [1.165, 1.54) is 12.1 Å². The maximum absolute atomic E-state index is 13.5. The number of carbonyl (C=O) groups excluding carboxylic acids is 1. The molecule has 9 heteroatoms. The third-order valence-corrected chi connectivity index (χ3v) is 6.43. The van der Waals surface area contributed by atoms with Crippen molar-refractivity contribution < 1.29 is 19.2 Å². The van der Waals surface area contributed by atoms with Gasteiger partial charge in [0, 0.05) is 35.5 Å². The van der Waals surface area contributed by atoms with Crippen molar-refractivity contribution in [1.82, 2.24) is 0 Å². The molecule has 0 saturated carbocycles. The molecule has 9 nitrogen and oxygen atoms in total. The minimum atomic E-state index is -0.646. The topological polar surface area (TPSA) is 132 Å². The van der Waals surface area contributed by atoms with Crippen LogP contribution >= 0.6 is 0 Å². The van der Waals surface area contributed by atoms with Crippen molar-refractivity contribution in [3.63, 3.8) is 0 Å². The molecule has 1 atom stereocenters. The second kappa shape index (κ2) is 7.63. The van der Waals surface area contributed by atoms with Crippen LogP contribution < -0.4 is 20.1 Å². The quantitative estimate of drug-likeness (QED) is 0.533. The minimum absolute atomic E-state index is 0.0546. The van der Waals surface area contributed by atoms with Crippen molar-refractivity contribution in [2.75, 3.05) is 11.7 Å². The molecule has 5 rings (SSSR count). The van der Waals surface area contributed by atoms with E-state index in [1.54, 1.807) is 29.2 Å². The Balaban J connectivity index is 1.72. The van der Waals surface area contributed by atoms with Crippen molar-refractivity contribution >= 4 is 17.2 Å². The first-order valence-corrected chi connectivity index (χ1v) is 10.8. The fourth-order valence-corrected chi connectivity index (χ4v) is 4.95. The number of ether oxygens (including phenoxy) is 2. The van der Waals surface area contributed by atoms with Gasteiger partial charge >= 0.3 is 0 Å². The second-order valence-corrected chi connectivity index (χ2v) is 9.37. The van der Waals surface area contributed by atoms with Crippen molar-refractivity contribution in [2.45, 2.75) is 32.6 Å². The molecule has 0 saturated heterocycles. The number of nitro groups is 1. The van der Waals surface area contributed by atoms with E-state index < -0.39 is 10.8 Å². The van der Waals surface area contributed by atoms with Crippen molar-refractivity contribution in [3.05, 3.63) is 80.8 Å². The second-order valence-electron chi connectivity index (χ2n) is 9.37. The number of allylic oxidation sites excluding steroid dienone is 3. The van der Waals surface area contributed by atoms with E-state index >= 15 is 0 Å². The summed E-state index contributed by atoms with van der Waals surface area (Å²) < 4.78 is 10.9. The Hall–Kier alpha value is -4.32. The van der Waals surface area contributed by atoms with Crippen LogP contribution in [0, 0.1) is 26.9 Å². The lowest BCUT2D eigenvalue weighted by atomic mass is 9.68. The third kappa shape index (κ3) is 3.35. The summed E-state index contributed by atoms with van der Waals surface area (Å²) in [7, 11) is 0. The number of Topliss-reactive ketones (excluding diaryl/α,β-unsaturated/α-hetero) is 1. The van der Waals surface area contributed by atoms with Gasteiger partial charge in [-0.15, -0.1) is 0 Å². The number of ketones is 1. The summed E-state index contributed by atoms with van der Waals surface area (Å²) in [5, 5.41) is 21.3. The van der Waals surface area contributed by atoms with Gasteiger partial charge in [0.2, 0.25) is 6.79 Å². The summed E-state index contributed by atoms with van der Waals surface area (Å²) in [5.41, 5.74) is 8.94. The highest BCUT2D eigenvalue weighted by atomic mass is 16.7. The lowest BCUT2D eigenvalue weighted by Crippen LogP contribution is -2.42. The standard InChI is InChI=1S/C25H22N4O5/c1-25(2)10-18-23(19(30)11-25)22(14-3-8-20-21(9-14)34-13-33-20)17(12-26)24(27)28(18)15-4-6-16(7-5-15)29(31)32/h3-9,22H,10-11,13,27H2,1-2H3/t22-/m0/s1. The highest BCUT2D eigenvalue weighted by molar-refractivity contribution is 6.01. The summed E-state index contributed by atoms with van der Waals surface area (Å²) in [6.07, 6.45) is 0.880. The number of nitro benzene ring substituents is 1. The average Bonchev–Trinajstić information content (AvgIpc) is 3.25. The summed E-state index contributed by atoms with van der Waals surface area (Å²) in [6.45, 7) is 4.14. The average molecular weight is 458 g/mol. The zero-order valence-electron chi connectivity index (χ0n) is 18.7. The maximum Gasteiger partial charge on any atom is 0.269 e. The molecule has 34 heavy (non-hydrogen) atoms. The van der Waals surface area contributed by atoms with E-state index in [1.807, 2.05) is 19.9 Å². The van der Waals surface area contributed by atoms with E-state index in [-0.39, 0.29) is 35.1 Å². The Morgan fingerprint density at radius 1 is 1.15 bits per heavy atom. The van der Waals surface area contributed by atoms with E-state index in [0.717, 1.165) is 0 Å². The maximum atomic E-state index is 13.5. The molecule has 0 bridgehead atoms. The number of nitrogens with zero attached hydrogens (tertiary/aromatic N) is 3. The molecule has 1 aliphatic carbocycles. The van der Waals surface area contributed by atoms with Gasteiger partial charge < -0.3 is 15.2 Å². The van der Waals surface area contributed by atoms with Crippen LogP contribution in [0.4, 0.5) is 11.4 Å². The largest absolute Gasteiger partial charge is 0.454 e. The molecule has 3 aliphatic rings. The van der Waals surface area contributed by atoms with Gasteiger partial charge in [-0.05, 0) is 41.7 Å². The van der Waals surface area contributed by atoms with Crippen LogP contribution in [0.2, 0.25) is 0 Å². The van der Waals surface area contributed by atoms with Gasteiger partial charge in [-0.25, -0.2) is 0 Å². The van der Waals surface area contributed by atoms with Gasteiger partial charge in [0.1, 0.15) is 5.82 Å². The first kappa shape index (κ1) is 21.5. The third-order valence-electron chi connectivity index (χ3n) is 6.43. The molecule has 0 spiro atoms. The molecule has 0 radical (unpaired) electrons. The number of anilines is 1. The van der Waals surface area contributed by atoms with Crippen molar-refractivity contribution in [3.8, 4) is 17.6 Å². The Labute approximate surface area is 195 Å². The predicted octanol–water partition coefficient (Wildman–Crippen LogP) is 4.26. The molecule has 2 aromatic rings. The fourth-order valence-electron chi connectivity index (χ4n) is 4.95. The van der Waals surface area contributed by atoms with Crippen LogP contribution in [-0.2, 0) is 4.79 Å². The predicted molar refractivity (Wildman–Crippen MR) is 123 cm³/mol. The van der Waals surface area contributed by atoms with Crippen LogP contribution in [0.3, 0.4) is 0 Å². The molecule has 2 aromatic carbocycles. The highest BCUT2D eigenvalue weighted by Gasteiger charge is 2.45. The smallest absolute Gasteiger partial charge is 0.269 e. The van der Waals surface area contributed by atoms with Gasteiger partial charge in [0.05, 0.1) is 22.5 Å². The Morgan fingerprint density at radius 3 is 2.53 bits per heavy atom. The molecule has 0 aromatic heterocycles. The van der Waals surface area contributed by atoms with E-state index in [0.29, 0.717) is 46.9 Å². The van der Waals surface area contributed by atoms with Crippen LogP contribution in [0.5, 0.6) is 11.5 Å². The highest BCUT2D eigenvalue weighted by Crippen LogP contribution is 2.51. The van der Waals surface area contributed by atoms with Gasteiger partial charge in [-0.1, -0.05) is 19.9 Å². The molecule has 2 aliphatic heterocycles. The zero-order chi connectivity index (χ0) is 24.2. The number of benzene rings is 2. The molecule has 0 amide bonds. The lowest BCUT2D eigenvalue weighted by Gasteiger charge is -2.43. The molecule has 0 unspecified atom stereocenters. The fraction of sp³-hybridized carbons (Fsp3) is 0.280. The van der Waals surface area contributed by atoms with E-state index in [4.69, 9.17) is 15.2 Å². The molecule has 2 N–H and O–H groups in total. The van der Waals surface area contributed by atoms with E-state index in [2.05, 4.69) is 6.07 Å². The summed E-state index contributed by atoms with van der Waals surface area (Å²) in [5.74, 6) is 0.654. The number of fused-ring (bicyclic) bond motifs is 1. The van der Waals surface area contributed by atoms with Gasteiger partial charge in [-0.3, -0.25) is 19.8 Å². The molecular weight excluding hydrogens is 436 g/mol. The number of nitrogens with two attached hydrogens (primary N) is 1. The Bertz CT molecular complexity index is 1330. The molecule has 172 valence electrons. The first-order valence-electron chi connectivity index (χ1n) is 10.8. The summed E-state index contributed by atoms with van der Waals surface area (Å²) in [6, 6.07) is 13.5. The van der Waals surface area contributed by atoms with E-state index in [9.17, 15) is 20.2 Å². The number of nitriles is 1. The lowest BCUT2D eigenvalue weighted by molar-refractivity contribution is -0.384. The van der Waals surface area contributed by atoms with Gasteiger partial charge in [0.15, 0.2) is 17.3 Å². The first-order chi connectivity index (χ1) is 16.2. The van der Waals surface area contributed by atoms with Crippen LogP contribution in [0.1, 0.15) is 38.2 Å². The molecule has 2 heterocycles. The molecule has 0 fully saturated rings. The van der Waals surface area contributed by atoms with Gasteiger partial charge in [0.25, 0.3) is 5.69 Å². The van der Waals surface area contributed by atoms with Crippen LogP contribution in [-0.4, -0.2) is 17.5 Å². The molecular formula is C25H22N4O5. The van der Waals surface area contributed by atoms with Gasteiger partial charge in [-0.2, -0.15) is 5.26 Å². The normalized spacial score (nSPS) is 20.8. The van der Waals surface area contributed by atoms with Crippen molar-refractivity contribution in [2.24, 2.45) is 11.1 Å². The Morgan fingerprint density at radius 2 is 1.85 bits per heavy atom. The number of rotatable bonds is 3. The number of hydrogen-bond acceptors (Lipinski definition) is 8. The van der Waals surface area contributed by atoms with Crippen molar-refractivity contribution in [1.29, 1.82) is 5.26 Å². The van der Waals surface area contributed by atoms with Crippen LogP contribution in [0.25, 0.3) is 0 Å². The SMILES string of the molecule is CC1(C)CC(=O)C2=C(C1)N(c1ccc([N+](=O)[O-])cc1)C(N)=C(C#N)[C@@H]2c1ccc2c(c1)OCO2. The number of non-ortho nitro benzene ring substituents is 1. The number of carbonyl (C=O) groups is 1. The monoisotopic (exact) mass is 458 g/mol. The zero-order valence-corrected chi connectivity index (χ0v) is 18.7. The summed E-state index contributed by atoms with van der Waals surface area (Å²) >= 11 is 0. The Kier molecular flexibility index (Phi) is 4.83. The minimum Gasteiger partial charge on any atom is -0.454 e.